The summed E-state index contributed by atoms with van der Waals surface area (Å²) < 4.78 is 11.9. The molecule has 0 bridgehead atoms. The summed E-state index contributed by atoms with van der Waals surface area (Å²) in [5.74, 6) is 0.349. The number of alkyl carbamates (subject to hydrolysis) is 1. The molecule has 0 aliphatic heterocycles. The standard InChI is InChI=1S/C19H26N7O4P/c1-18(2,3)29-16(27)22-12(11-31)13-23-15(25(7)17(28)30-19(4,5)6)24-26(13)14-20-9-8-10-21-14/h8-10,12H,1-7H3,(H,22,27). The number of nitrogens with one attached hydrogen (secondary N) is 1. The third-order valence-corrected chi connectivity index (χ3v) is 3.64. The minimum absolute atomic E-state index is 0.0104. The van der Waals surface area contributed by atoms with Crippen molar-refractivity contribution in [3.8, 4) is 11.6 Å². The average molecular weight is 447 g/mol. The molecule has 2 amide bonds. The van der Waals surface area contributed by atoms with E-state index in [1.54, 1.807) is 47.6 Å². The number of hydrogen-bond acceptors (Lipinski definition) is 8. The molecule has 12 heteroatoms. The van der Waals surface area contributed by atoms with E-state index in [2.05, 4.69) is 39.7 Å². The molecule has 2 aromatic rings. The van der Waals surface area contributed by atoms with Gasteiger partial charge in [-0.25, -0.2) is 0 Å². The Morgan fingerprint density at radius 3 is 2.23 bits per heavy atom. The summed E-state index contributed by atoms with van der Waals surface area (Å²) in [6, 6.07) is 0.691. The fraction of sp³-hybridized carbons (Fsp3) is 0.526. The second-order valence-electron chi connectivity index (χ2n) is 8.48. The van der Waals surface area contributed by atoms with Crippen molar-refractivity contribution in [2.75, 3.05) is 11.9 Å². The summed E-state index contributed by atoms with van der Waals surface area (Å²) in [5, 5.41) is 6.93. The van der Waals surface area contributed by atoms with E-state index in [4.69, 9.17) is 9.47 Å². The molecule has 0 saturated heterocycles. The molecule has 0 fully saturated rings. The molecule has 2 heterocycles. The zero-order chi connectivity index (χ0) is 23.4. The molecular weight excluding hydrogens is 421 g/mol. The Labute approximate surface area is 183 Å². The summed E-state index contributed by atoms with van der Waals surface area (Å²) in [4.78, 5) is 38.6. The van der Waals surface area contributed by atoms with Gasteiger partial charge in [-0.1, -0.05) is 0 Å². The molecule has 0 saturated carbocycles. The van der Waals surface area contributed by atoms with Crippen LogP contribution >= 0.6 is 8.70 Å². The Hall–Kier alpha value is -3.03. The molecule has 0 aliphatic rings. The van der Waals surface area contributed by atoms with Crippen LogP contribution in [-0.2, 0) is 9.47 Å². The van der Waals surface area contributed by atoms with Gasteiger partial charge in [-0.05, 0) is 0 Å². The van der Waals surface area contributed by atoms with Crippen LogP contribution in [0.2, 0.25) is 0 Å². The number of rotatable bonds is 4. The van der Waals surface area contributed by atoms with Gasteiger partial charge in [0.1, 0.15) is 0 Å². The van der Waals surface area contributed by atoms with E-state index in [9.17, 15) is 9.59 Å². The maximum atomic E-state index is 12.5. The van der Waals surface area contributed by atoms with E-state index in [-0.39, 0.29) is 17.7 Å². The number of carbonyl (C=O) groups excluding carboxylic acids is 2. The molecular formula is C19H26N7O4P. The molecule has 1 N–H and O–H groups in total. The van der Waals surface area contributed by atoms with E-state index >= 15 is 0 Å². The van der Waals surface area contributed by atoms with Crippen LogP contribution in [0.5, 0.6) is 0 Å². The van der Waals surface area contributed by atoms with E-state index in [0.717, 1.165) is 4.90 Å². The van der Waals surface area contributed by atoms with Gasteiger partial charge in [-0.3, -0.25) is 0 Å². The van der Waals surface area contributed by atoms with Crippen LogP contribution in [0.15, 0.2) is 18.5 Å². The number of nitrogens with zero attached hydrogens (tertiary/aromatic N) is 6. The Balaban J connectivity index is 2.44. The van der Waals surface area contributed by atoms with Crippen LogP contribution in [0.25, 0.3) is 5.95 Å². The van der Waals surface area contributed by atoms with Gasteiger partial charge in [0.05, 0.1) is 0 Å². The van der Waals surface area contributed by atoms with Gasteiger partial charge in [0.2, 0.25) is 0 Å². The van der Waals surface area contributed by atoms with Crippen molar-refractivity contribution in [3.05, 3.63) is 24.3 Å². The van der Waals surface area contributed by atoms with E-state index in [1.165, 1.54) is 24.1 Å². The molecule has 2 rings (SSSR count). The van der Waals surface area contributed by atoms with Crippen molar-refractivity contribution in [3.63, 3.8) is 0 Å². The average Bonchev–Trinajstić information content (AvgIpc) is 3.08. The minimum atomic E-state index is -0.949. The summed E-state index contributed by atoms with van der Waals surface area (Å²) in [5.41, 5.74) is 1.23. The first-order valence-electron chi connectivity index (χ1n) is 9.41. The zero-order valence-corrected chi connectivity index (χ0v) is 19.5. The van der Waals surface area contributed by atoms with Gasteiger partial charge in [0.15, 0.2) is 0 Å². The van der Waals surface area contributed by atoms with Crippen LogP contribution in [0.4, 0.5) is 15.5 Å². The quantitative estimate of drug-likeness (QED) is 0.708. The molecule has 166 valence electrons. The summed E-state index contributed by atoms with van der Waals surface area (Å²) in [7, 11) is 5.55. The summed E-state index contributed by atoms with van der Waals surface area (Å²) in [6.45, 7) is 10.5. The van der Waals surface area contributed by atoms with Gasteiger partial charge in [-0.15, -0.1) is 0 Å². The van der Waals surface area contributed by atoms with E-state index < -0.39 is 29.4 Å². The number of hydrogen-bond donors (Lipinski definition) is 1. The maximum absolute atomic E-state index is 12.5. The normalized spacial score (nSPS) is 12.5. The number of aromatic nitrogens is 5. The molecule has 0 aliphatic carbocycles. The van der Waals surface area contributed by atoms with Crippen molar-refractivity contribution >= 4 is 26.8 Å². The van der Waals surface area contributed by atoms with Crippen molar-refractivity contribution in [2.24, 2.45) is 0 Å². The first-order valence-corrected chi connectivity index (χ1v) is 9.85. The van der Waals surface area contributed by atoms with Gasteiger partial charge >= 0.3 is 183 Å². The van der Waals surface area contributed by atoms with Crippen molar-refractivity contribution < 1.29 is 19.1 Å². The summed E-state index contributed by atoms with van der Waals surface area (Å²) in [6.07, 6.45) is 1.69. The number of ether oxygens (including phenoxy) is 2. The third-order valence-electron chi connectivity index (χ3n) is 3.38. The predicted octanol–water partition coefficient (Wildman–Crippen LogP) is 3.36. The first-order chi connectivity index (χ1) is 14.3. The fourth-order valence-electron chi connectivity index (χ4n) is 2.18. The topological polar surface area (TPSA) is 124 Å². The zero-order valence-electron chi connectivity index (χ0n) is 18.6. The van der Waals surface area contributed by atoms with Crippen LogP contribution < -0.4 is 10.2 Å². The van der Waals surface area contributed by atoms with Crippen LogP contribution in [0, 0.1) is 5.63 Å². The molecule has 2 aromatic heterocycles. The SMILES string of the molecule is CN(C(=O)OC(C)(C)C)c1nc(C(C#P)NC(=O)OC(C)(C)C)n(-c2ncccn2)n1. The Morgan fingerprint density at radius 1 is 1.13 bits per heavy atom. The van der Waals surface area contributed by atoms with Crippen molar-refractivity contribution in [2.45, 2.75) is 58.8 Å². The van der Waals surface area contributed by atoms with Crippen molar-refractivity contribution in [1.82, 2.24) is 30.0 Å². The number of anilines is 1. The molecule has 1 atom stereocenters. The molecule has 0 radical (unpaired) electrons. The third kappa shape index (κ3) is 7.01. The van der Waals surface area contributed by atoms with Gasteiger partial charge < -0.3 is 0 Å². The molecule has 11 nitrogen and oxygen atoms in total. The summed E-state index contributed by atoms with van der Waals surface area (Å²) >= 11 is 0. The van der Waals surface area contributed by atoms with Gasteiger partial charge in [0, 0.05) is 0 Å². The molecule has 0 spiro atoms. The number of carbonyl (C=O) groups is 2. The van der Waals surface area contributed by atoms with E-state index in [1.807, 2.05) is 0 Å². The Kier molecular flexibility index (Phi) is 7.36. The Morgan fingerprint density at radius 2 is 1.71 bits per heavy atom. The second-order valence-corrected chi connectivity index (χ2v) is 8.74. The molecule has 31 heavy (non-hydrogen) atoms. The van der Waals surface area contributed by atoms with Gasteiger partial charge in [-0.2, -0.15) is 0 Å². The van der Waals surface area contributed by atoms with Gasteiger partial charge in [0.25, 0.3) is 0 Å². The molecule has 1 unspecified atom stereocenters. The monoisotopic (exact) mass is 447 g/mol. The van der Waals surface area contributed by atoms with Crippen LogP contribution in [0.3, 0.4) is 0 Å². The predicted molar refractivity (Wildman–Crippen MR) is 115 cm³/mol. The second kappa shape index (κ2) is 9.41. The van der Waals surface area contributed by atoms with Crippen LogP contribution in [0.1, 0.15) is 53.4 Å². The first kappa shape index (κ1) is 24.2. The van der Waals surface area contributed by atoms with Crippen molar-refractivity contribution in [1.29, 1.82) is 0 Å². The number of amides is 2. The fourth-order valence-corrected chi connectivity index (χ4v) is 2.36. The Bertz CT molecular complexity index is 974. The molecule has 0 aromatic carbocycles. The van der Waals surface area contributed by atoms with Crippen LogP contribution in [-0.4, -0.2) is 55.2 Å². The van der Waals surface area contributed by atoms with E-state index in [0.29, 0.717) is 0 Å².